The number of hydrogen-bond donors (Lipinski definition) is 2. The lowest BCUT2D eigenvalue weighted by atomic mass is 10.2. The van der Waals surface area contributed by atoms with Crippen LogP contribution in [0, 0.1) is 4.64 Å². The first-order chi connectivity index (χ1) is 10.5. The van der Waals surface area contributed by atoms with E-state index in [0.29, 0.717) is 22.4 Å². The molecule has 22 heavy (non-hydrogen) atoms. The molecule has 6 heteroatoms. The topological polar surface area (TPSA) is 65.2 Å². The molecule has 2 amide bonds. The Kier molecular flexibility index (Phi) is 5.06. The van der Waals surface area contributed by atoms with Gasteiger partial charge in [0.25, 0.3) is 5.91 Å². The number of H-pyrrole nitrogens is 1. The smallest absolute Gasteiger partial charge is 0.258 e. The molecule has 5 nitrogen and oxygen atoms in total. The van der Waals surface area contributed by atoms with Crippen molar-refractivity contribution in [2.75, 3.05) is 12.4 Å². The predicted molar refractivity (Wildman–Crippen MR) is 88.2 cm³/mol. The summed E-state index contributed by atoms with van der Waals surface area (Å²) < 4.78 is 0.396. The zero-order valence-corrected chi connectivity index (χ0v) is 13.2. The maximum absolute atomic E-state index is 12.2. The molecule has 2 aromatic rings. The van der Waals surface area contributed by atoms with Crippen LogP contribution < -0.4 is 5.32 Å². The van der Waals surface area contributed by atoms with Gasteiger partial charge in [0.05, 0.1) is 5.56 Å². The van der Waals surface area contributed by atoms with Crippen LogP contribution in [0.1, 0.15) is 22.8 Å². The SMILES string of the molecule is CC(=O)N(C)Cc1cccc(NC(=O)c2ccc[nH]c2=S)c1. The van der Waals surface area contributed by atoms with Gasteiger partial charge in [-0.15, -0.1) is 0 Å². The second-order valence-corrected chi connectivity index (χ2v) is 5.35. The molecular weight excluding hydrogens is 298 g/mol. The van der Waals surface area contributed by atoms with Gasteiger partial charge in [-0.25, -0.2) is 0 Å². The number of rotatable bonds is 4. The van der Waals surface area contributed by atoms with E-state index in [2.05, 4.69) is 10.3 Å². The first-order valence-corrected chi connectivity index (χ1v) is 7.18. The minimum atomic E-state index is -0.265. The van der Waals surface area contributed by atoms with Crippen LogP contribution in [0.25, 0.3) is 0 Å². The van der Waals surface area contributed by atoms with Crippen molar-refractivity contribution < 1.29 is 9.59 Å². The van der Waals surface area contributed by atoms with Gasteiger partial charge in [-0.3, -0.25) is 9.59 Å². The third-order valence-corrected chi connectivity index (χ3v) is 3.54. The summed E-state index contributed by atoms with van der Waals surface area (Å²) in [4.78, 5) is 27.9. The number of hydrogen-bond acceptors (Lipinski definition) is 3. The molecule has 114 valence electrons. The fourth-order valence-electron chi connectivity index (χ4n) is 1.93. The van der Waals surface area contributed by atoms with E-state index in [9.17, 15) is 9.59 Å². The van der Waals surface area contributed by atoms with E-state index in [1.807, 2.05) is 18.2 Å². The largest absolute Gasteiger partial charge is 0.352 e. The highest BCUT2D eigenvalue weighted by Crippen LogP contribution is 2.14. The van der Waals surface area contributed by atoms with Gasteiger partial charge in [0, 0.05) is 32.4 Å². The molecule has 1 aromatic carbocycles. The first-order valence-electron chi connectivity index (χ1n) is 6.77. The molecule has 0 fully saturated rings. The monoisotopic (exact) mass is 315 g/mol. The molecule has 0 atom stereocenters. The van der Waals surface area contributed by atoms with Crippen LogP contribution in [0.3, 0.4) is 0 Å². The molecule has 0 unspecified atom stereocenters. The fraction of sp³-hybridized carbons (Fsp3) is 0.188. The number of benzene rings is 1. The second kappa shape index (κ2) is 7.00. The molecular formula is C16H17N3O2S. The molecule has 0 radical (unpaired) electrons. The van der Waals surface area contributed by atoms with E-state index in [-0.39, 0.29) is 11.8 Å². The Hall–Kier alpha value is -2.47. The number of carbonyl (C=O) groups is 2. The van der Waals surface area contributed by atoms with Crippen LogP contribution in [0.15, 0.2) is 42.6 Å². The fourth-order valence-corrected chi connectivity index (χ4v) is 2.16. The van der Waals surface area contributed by atoms with Gasteiger partial charge in [0.2, 0.25) is 5.91 Å². The van der Waals surface area contributed by atoms with Crippen LogP contribution in [0.2, 0.25) is 0 Å². The predicted octanol–water partition coefficient (Wildman–Crippen LogP) is 2.97. The number of anilines is 1. The van der Waals surface area contributed by atoms with Gasteiger partial charge in [0.1, 0.15) is 4.64 Å². The minimum Gasteiger partial charge on any atom is -0.352 e. The highest BCUT2D eigenvalue weighted by molar-refractivity contribution is 7.71. The number of pyridine rings is 1. The molecule has 0 aliphatic carbocycles. The van der Waals surface area contributed by atoms with Gasteiger partial charge in [-0.2, -0.15) is 0 Å². The summed E-state index contributed by atoms with van der Waals surface area (Å²) >= 11 is 5.10. The summed E-state index contributed by atoms with van der Waals surface area (Å²) in [5.41, 5.74) is 2.02. The van der Waals surface area contributed by atoms with Crippen molar-refractivity contribution in [2.24, 2.45) is 0 Å². The average Bonchev–Trinajstić information content (AvgIpc) is 2.47. The lowest BCUT2D eigenvalue weighted by molar-refractivity contribution is -0.128. The van der Waals surface area contributed by atoms with E-state index in [1.165, 1.54) is 6.92 Å². The maximum Gasteiger partial charge on any atom is 0.258 e. The number of carbonyl (C=O) groups excluding carboxylic acids is 2. The highest BCUT2D eigenvalue weighted by Gasteiger charge is 2.09. The maximum atomic E-state index is 12.2. The molecule has 0 spiro atoms. The number of amides is 2. The molecule has 2 N–H and O–H groups in total. The summed E-state index contributed by atoms with van der Waals surface area (Å²) in [5, 5.41) is 2.81. The number of nitrogens with one attached hydrogen (secondary N) is 2. The average molecular weight is 315 g/mol. The summed E-state index contributed by atoms with van der Waals surface area (Å²) in [5.74, 6) is -0.274. The number of nitrogens with zero attached hydrogens (tertiary/aromatic N) is 1. The van der Waals surface area contributed by atoms with Crippen molar-refractivity contribution in [1.29, 1.82) is 0 Å². The van der Waals surface area contributed by atoms with Crippen molar-refractivity contribution in [2.45, 2.75) is 13.5 Å². The Morgan fingerprint density at radius 1 is 1.27 bits per heavy atom. The van der Waals surface area contributed by atoms with Crippen LogP contribution in [0.4, 0.5) is 5.69 Å². The van der Waals surface area contributed by atoms with Gasteiger partial charge >= 0.3 is 0 Å². The van der Waals surface area contributed by atoms with Crippen molar-refractivity contribution in [3.8, 4) is 0 Å². The quantitative estimate of drug-likeness (QED) is 0.853. The number of aromatic amines is 1. The lowest BCUT2D eigenvalue weighted by Gasteiger charge is -2.15. The normalized spacial score (nSPS) is 10.1. The second-order valence-electron chi connectivity index (χ2n) is 4.94. The Morgan fingerprint density at radius 3 is 2.73 bits per heavy atom. The Labute approximate surface area is 134 Å². The van der Waals surface area contributed by atoms with E-state index < -0.39 is 0 Å². The Balaban J connectivity index is 2.14. The molecule has 0 saturated heterocycles. The first kappa shape index (κ1) is 15.9. The van der Waals surface area contributed by atoms with E-state index in [0.717, 1.165) is 5.56 Å². The summed E-state index contributed by atoms with van der Waals surface area (Å²) in [6, 6.07) is 10.8. The van der Waals surface area contributed by atoms with Crippen LogP contribution in [-0.2, 0) is 11.3 Å². The molecule has 0 aliphatic rings. The zero-order valence-electron chi connectivity index (χ0n) is 12.4. The molecule has 0 bridgehead atoms. The van der Waals surface area contributed by atoms with E-state index >= 15 is 0 Å². The van der Waals surface area contributed by atoms with Gasteiger partial charge in [0.15, 0.2) is 0 Å². The summed E-state index contributed by atoms with van der Waals surface area (Å²) in [6.07, 6.45) is 1.68. The van der Waals surface area contributed by atoms with Crippen molar-refractivity contribution in [3.05, 3.63) is 58.4 Å². The zero-order chi connectivity index (χ0) is 16.1. The van der Waals surface area contributed by atoms with Crippen LogP contribution in [-0.4, -0.2) is 28.7 Å². The van der Waals surface area contributed by atoms with Crippen molar-refractivity contribution in [3.63, 3.8) is 0 Å². The van der Waals surface area contributed by atoms with Crippen LogP contribution in [0.5, 0.6) is 0 Å². The number of aromatic nitrogens is 1. The van der Waals surface area contributed by atoms with Gasteiger partial charge < -0.3 is 15.2 Å². The molecule has 0 saturated carbocycles. The Bertz CT molecular complexity index is 755. The molecule has 0 aliphatic heterocycles. The van der Waals surface area contributed by atoms with Gasteiger partial charge in [-0.05, 0) is 29.8 Å². The van der Waals surface area contributed by atoms with E-state index in [4.69, 9.17) is 12.2 Å². The van der Waals surface area contributed by atoms with E-state index in [1.54, 1.807) is 36.3 Å². The van der Waals surface area contributed by atoms with Crippen molar-refractivity contribution >= 4 is 29.7 Å². The van der Waals surface area contributed by atoms with Crippen molar-refractivity contribution in [1.82, 2.24) is 9.88 Å². The highest BCUT2D eigenvalue weighted by atomic mass is 32.1. The minimum absolute atomic E-state index is 0.00925. The molecule has 2 rings (SSSR count). The lowest BCUT2D eigenvalue weighted by Crippen LogP contribution is -2.23. The summed E-state index contributed by atoms with van der Waals surface area (Å²) in [7, 11) is 1.73. The molecule has 1 heterocycles. The third-order valence-electron chi connectivity index (χ3n) is 3.20. The standard InChI is InChI=1S/C16H17N3O2S/c1-11(20)19(2)10-12-5-3-6-13(9-12)18-15(21)14-7-4-8-17-16(14)22/h3-9H,10H2,1-2H3,(H,17,22)(H,18,21). The molecule has 1 aromatic heterocycles. The summed E-state index contributed by atoms with van der Waals surface area (Å²) in [6.45, 7) is 2.01. The van der Waals surface area contributed by atoms with Crippen LogP contribution >= 0.6 is 12.2 Å². The van der Waals surface area contributed by atoms with Gasteiger partial charge in [-0.1, -0.05) is 24.4 Å². The third kappa shape index (κ3) is 4.02. The Morgan fingerprint density at radius 2 is 2.05 bits per heavy atom.